The number of aliphatic hydroxyl groups excluding tert-OH is 1. The molecule has 2 atom stereocenters. The Kier molecular flexibility index (Phi) is 3.14. The number of ether oxygens (including phenoxy) is 1. The van der Waals surface area contributed by atoms with Gasteiger partial charge >= 0.3 is 0 Å². The van der Waals surface area contributed by atoms with E-state index >= 15 is 0 Å². The Bertz CT molecular complexity index is 637. The van der Waals surface area contributed by atoms with Gasteiger partial charge in [-0.25, -0.2) is 13.2 Å². The summed E-state index contributed by atoms with van der Waals surface area (Å²) in [7, 11) is 0. The molecule has 2 nitrogen and oxygen atoms in total. The van der Waals surface area contributed by atoms with Crippen molar-refractivity contribution in [3.05, 3.63) is 65.0 Å². The van der Waals surface area contributed by atoms with Crippen molar-refractivity contribution in [2.45, 2.75) is 18.6 Å². The molecule has 2 aromatic carbocycles. The number of aliphatic hydroxyl groups is 1. The molecule has 0 saturated heterocycles. The normalized spacial score (nSPS) is 21.2. The Morgan fingerprint density at radius 2 is 1.65 bits per heavy atom. The third-order valence-corrected chi connectivity index (χ3v) is 3.29. The van der Waals surface area contributed by atoms with E-state index in [4.69, 9.17) is 4.74 Å². The lowest BCUT2D eigenvalue weighted by atomic mass is 9.95. The zero-order chi connectivity index (χ0) is 14.3. The predicted molar refractivity (Wildman–Crippen MR) is 65.7 cm³/mol. The van der Waals surface area contributed by atoms with Crippen LogP contribution in [0, 0.1) is 17.5 Å². The number of halogens is 3. The summed E-state index contributed by atoms with van der Waals surface area (Å²) < 4.78 is 45.2. The van der Waals surface area contributed by atoms with Crippen LogP contribution in [0.25, 0.3) is 0 Å². The molecule has 0 radical (unpaired) electrons. The molecule has 1 aliphatic heterocycles. The third kappa shape index (κ3) is 2.36. The fraction of sp³-hybridized carbons (Fsp3) is 0.200. The quantitative estimate of drug-likeness (QED) is 0.863. The van der Waals surface area contributed by atoms with Crippen molar-refractivity contribution in [1.82, 2.24) is 0 Å². The van der Waals surface area contributed by atoms with Gasteiger partial charge < -0.3 is 9.84 Å². The molecule has 0 saturated carbocycles. The van der Waals surface area contributed by atoms with E-state index in [1.807, 2.05) is 0 Å². The zero-order valence-electron chi connectivity index (χ0n) is 10.3. The fourth-order valence-corrected chi connectivity index (χ4v) is 2.38. The van der Waals surface area contributed by atoms with Gasteiger partial charge in [-0.05, 0) is 35.9 Å². The maximum Gasteiger partial charge on any atom is 0.127 e. The molecule has 2 unspecified atom stereocenters. The fourth-order valence-electron chi connectivity index (χ4n) is 2.38. The van der Waals surface area contributed by atoms with Gasteiger partial charge in [0, 0.05) is 18.1 Å². The number of rotatable bonds is 1. The molecule has 2 aromatic rings. The second-order valence-corrected chi connectivity index (χ2v) is 4.74. The lowest BCUT2D eigenvalue weighted by molar-refractivity contribution is 0.0650. The minimum Gasteiger partial charge on any atom is -0.485 e. The highest BCUT2D eigenvalue weighted by Crippen LogP contribution is 2.41. The van der Waals surface area contributed by atoms with Crippen LogP contribution < -0.4 is 4.74 Å². The number of hydrogen-bond acceptors (Lipinski definition) is 2. The molecule has 0 spiro atoms. The molecular formula is C15H11F3O2. The van der Waals surface area contributed by atoms with Gasteiger partial charge in [0.1, 0.15) is 29.3 Å². The van der Waals surface area contributed by atoms with Gasteiger partial charge in [-0.15, -0.1) is 0 Å². The topological polar surface area (TPSA) is 29.5 Å². The highest BCUT2D eigenvalue weighted by atomic mass is 19.1. The Morgan fingerprint density at radius 3 is 2.35 bits per heavy atom. The van der Waals surface area contributed by atoms with Crippen molar-refractivity contribution in [3.63, 3.8) is 0 Å². The van der Waals surface area contributed by atoms with Crippen LogP contribution in [0.3, 0.4) is 0 Å². The van der Waals surface area contributed by atoms with Gasteiger partial charge in [0.25, 0.3) is 0 Å². The Hall–Kier alpha value is -2.01. The van der Waals surface area contributed by atoms with Crippen LogP contribution in [0.1, 0.15) is 29.8 Å². The van der Waals surface area contributed by atoms with Gasteiger partial charge in [-0.3, -0.25) is 0 Å². The van der Waals surface area contributed by atoms with Crippen molar-refractivity contribution >= 4 is 0 Å². The summed E-state index contributed by atoms with van der Waals surface area (Å²) in [6.07, 6.45) is -1.50. The standard InChI is InChI=1S/C15H11F3O2/c16-9-1-2-14-12(6-9)13(19)7-15(20-14)8-3-10(17)5-11(18)4-8/h1-6,13,15,19H,7H2. The summed E-state index contributed by atoms with van der Waals surface area (Å²) in [5.74, 6) is -1.56. The molecule has 0 aliphatic carbocycles. The second-order valence-electron chi connectivity index (χ2n) is 4.74. The molecule has 1 heterocycles. The summed E-state index contributed by atoms with van der Waals surface area (Å²) in [6.45, 7) is 0. The van der Waals surface area contributed by atoms with E-state index in [-0.39, 0.29) is 6.42 Å². The maximum absolute atomic E-state index is 13.2. The molecule has 1 N–H and O–H groups in total. The van der Waals surface area contributed by atoms with Gasteiger partial charge in [0.2, 0.25) is 0 Å². The minimum atomic E-state index is -0.939. The Balaban J connectivity index is 1.96. The van der Waals surface area contributed by atoms with E-state index in [1.54, 1.807) is 0 Å². The minimum absolute atomic E-state index is 0.110. The summed E-state index contributed by atoms with van der Waals surface area (Å²) in [6, 6.07) is 6.90. The van der Waals surface area contributed by atoms with E-state index in [0.29, 0.717) is 16.9 Å². The van der Waals surface area contributed by atoms with Crippen LogP contribution in [-0.4, -0.2) is 5.11 Å². The van der Waals surface area contributed by atoms with Crippen LogP contribution in [0.5, 0.6) is 5.75 Å². The smallest absolute Gasteiger partial charge is 0.127 e. The van der Waals surface area contributed by atoms with Crippen LogP contribution in [-0.2, 0) is 0 Å². The summed E-state index contributed by atoms with van der Waals surface area (Å²) in [4.78, 5) is 0. The van der Waals surface area contributed by atoms with Crippen LogP contribution in [0.4, 0.5) is 13.2 Å². The molecular weight excluding hydrogens is 269 g/mol. The molecule has 20 heavy (non-hydrogen) atoms. The SMILES string of the molecule is OC1CC(c2cc(F)cc(F)c2)Oc2ccc(F)cc21. The summed E-state index contributed by atoms with van der Waals surface area (Å²) in [5.41, 5.74) is 0.648. The Morgan fingerprint density at radius 1 is 0.950 bits per heavy atom. The number of fused-ring (bicyclic) bond motifs is 1. The van der Waals surface area contributed by atoms with Crippen molar-refractivity contribution in [2.75, 3.05) is 0 Å². The third-order valence-electron chi connectivity index (χ3n) is 3.29. The largest absolute Gasteiger partial charge is 0.485 e. The van der Waals surface area contributed by atoms with E-state index < -0.39 is 29.7 Å². The van der Waals surface area contributed by atoms with E-state index in [1.165, 1.54) is 18.2 Å². The first-order valence-electron chi connectivity index (χ1n) is 6.13. The van der Waals surface area contributed by atoms with Gasteiger partial charge in [-0.1, -0.05) is 0 Å². The van der Waals surface area contributed by atoms with Gasteiger partial charge in [-0.2, -0.15) is 0 Å². The van der Waals surface area contributed by atoms with Crippen LogP contribution >= 0.6 is 0 Å². The molecule has 0 bridgehead atoms. The van der Waals surface area contributed by atoms with E-state index in [0.717, 1.165) is 18.2 Å². The lowest BCUT2D eigenvalue weighted by Crippen LogP contribution is -2.19. The highest BCUT2D eigenvalue weighted by Gasteiger charge is 2.29. The first-order chi connectivity index (χ1) is 9.52. The molecule has 104 valence electrons. The van der Waals surface area contributed by atoms with Crippen molar-refractivity contribution in [3.8, 4) is 5.75 Å². The molecule has 0 amide bonds. The lowest BCUT2D eigenvalue weighted by Gasteiger charge is -2.30. The average Bonchev–Trinajstić information content (AvgIpc) is 2.38. The van der Waals surface area contributed by atoms with E-state index in [9.17, 15) is 18.3 Å². The monoisotopic (exact) mass is 280 g/mol. The zero-order valence-corrected chi connectivity index (χ0v) is 10.3. The molecule has 0 fully saturated rings. The summed E-state index contributed by atoms with van der Waals surface area (Å²) in [5, 5.41) is 10.0. The van der Waals surface area contributed by atoms with Gasteiger partial charge in [0.05, 0.1) is 6.10 Å². The first kappa shape index (κ1) is 13.0. The average molecular weight is 280 g/mol. The van der Waals surface area contributed by atoms with Crippen molar-refractivity contribution in [2.24, 2.45) is 0 Å². The highest BCUT2D eigenvalue weighted by molar-refractivity contribution is 5.39. The molecule has 5 heteroatoms. The second kappa shape index (κ2) is 4.83. The Labute approximate surface area is 113 Å². The first-order valence-corrected chi connectivity index (χ1v) is 6.13. The van der Waals surface area contributed by atoms with Crippen molar-refractivity contribution < 1.29 is 23.0 Å². The van der Waals surface area contributed by atoms with Crippen molar-refractivity contribution in [1.29, 1.82) is 0 Å². The molecule has 0 aromatic heterocycles. The molecule has 3 rings (SSSR count). The number of benzene rings is 2. The summed E-state index contributed by atoms with van der Waals surface area (Å²) >= 11 is 0. The molecule has 1 aliphatic rings. The van der Waals surface area contributed by atoms with Gasteiger partial charge in [0.15, 0.2) is 0 Å². The number of hydrogen-bond donors (Lipinski definition) is 1. The predicted octanol–water partition coefficient (Wildman–Crippen LogP) is 3.66. The van der Waals surface area contributed by atoms with Crippen LogP contribution in [0.15, 0.2) is 36.4 Å². The van der Waals surface area contributed by atoms with Crippen LogP contribution in [0.2, 0.25) is 0 Å². The van der Waals surface area contributed by atoms with E-state index in [2.05, 4.69) is 0 Å². The maximum atomic E-state index is 13.2.